The molecular formula is C13H15F3O5S2. The molecule has 1 saturated carbocycles. The van der Waals surface area contributed by atoms with Crippen molar-refractivity contribution in [3.05, 3.63) is 30.3 Å². The van der Waals surface area contributed by atoms with Crippen molar-refractivity contribution >= 4 is 20.0 Å². The van der Waals surface area contributed by atoms with Crippen LogP contribution in [0, 0.1) is 0 Å². The topological polar surface area (TPSA) is 77.5 Å². The van der Waals surface area contributed by atoms with E-state index in [-0.39, 0.29) is 17.7 Å². The molecule has 1 aromatic rings. The van der Waals surface area contributed by atoms with E-state index in [2.05, 4.69) is 4.18 Å². The fourth-order valence-electron chi connectivity index (χ4n) is 2.53. The first-order valence-corrected chi connectivity index (χ1v) is 9.80. The molecule has 0 unspecified atom stereocenters. The zero-order valence-corrected chi connectivity index (χ0v) is 13.5. The lowest BCUT2D eigenvalue weighted by Crippen LogP contribution is -2.42. The number of hydrogen-bond donors (Lipinski definition) is 0. The molecule has 0 N–H and O–H groups in total. The summed E-state index contributed by atoms with van der Waals surface area (Å²) in [5.74, 6) is 0. The minimum atomic E-state index is -5.84. The van der Waals surface area contributed by atoms with Crippen LogP contribution in [0.1, 0.15) is 25.7 Å². The standard InChI is InChI=1S/C13H15F3O5S2/c14-13(15,16)23(19,20)21-11-8-4-5-9-12(11)22(17,18)10-6-2-1-3-7-10/h1-3,6-7,11-12H,4-5,8-9H2/t11-,12-/m1/s1. The van der Waals surface area contributed by atoms with Crippen LogP contribution in [-0.4, -0.2) is 33.7 Å². The summed E-state index contributed by atoms with van der Waals surface area (Å²) in [4.78, 5) is -0.0649. The number of halogens is 3. The molecule has 0 aromatic heterocycles. The summed E-state index contributed by atoms with van der Waals surface area (Å²) in [5.41, 5.74) is -5.58. The first kappa shape index (κ1) is 18.2. The van der Waals surface area contributed by atoms with Crippen LogP contribution in [0.25, 0.3) is 0 Å². The van der Waals surface area contributed by atoms with Crippen LogP contribution in [0.5, 0.6) is 0 Å². The molecule has 1 fully saturated rings. The van der Waals surface area contributed by atoms with Gasteiger partial charge in [-0.15, -0.1) is 0 Å². The highest BCUT2D eigenvalue weighted by molar-refractivity contribution is 7.92. The van der Waals surface area contributed by atoms with Gasteiger partial charge in [0.2, 0.25) is 0 Å². The van der Waals surface area contributed by atoms with Crippen molar-refractivity contribution < 1.29 is 34.2 Å². The Kier molecular flexibility index (Phi) is 5.07. The molecule has 1 aliphatic rings. The quantitative estimate of drug-likeness (QED) is 0.600. The maximum atomic E-state index is 12.6. The van der Waals surface area contributed by atoms with E-state index in [0.29, 0.717) is 12.8 Å². The Hall–Kier alpha value is -1.13. The summed E-state index contributed by atoms with van der Waals surface area (Å²) >= 11 is 0. The predicted octanol–water partition coefficient (Wildman–Crippen LogP) is 2.64. The Morgan fingerprint density at radius 1 is 0.957 bits per heavy atom. The average Bonchev–Trinajstić information content (AvgIpc) is 2.47. The van der Waals surface area contributed by atoms with Crippen molar-refractivity contribution in [2.75, 3.05) is 0 Å². The SMILES string of the molecule is O=S(=O)(c1ccccc1)[C@@H]1CCCC[C@H]1OS(=O)(=O)C(F)(F)F. The van der Waals surface area contributed by atoms with E-state index in [1.54, 1.807) is 6.07 Å². The van der Waals surface area contributed by atoms with E-state index in [1.165, 1.54) is 24.3 Å². The van der Waals surface area contributed by atoms with E-state index in [9.17, 15) is 30.0 Å². The first-order valence-electron chi connectivity index (χ1n) is 6.84. The number of sulfone groups is 1. The van der Waals surface area contributed by atoms with Crippen molar-refractivity contribution in [2.24, 2.45) is 0 Å². The Balaban J connectivity index is 2.33. The molecule has 1 aliphatic carbocycles. The second kappa shape index (κ2) is 6.40. The molecule has 0 saturated heterocycles. The van der Waals surface area contributed by atoms with E-state index >= 15 is 0 Å². The van der Waals surface area contributed by atoms with E-state index in [4.69, 9.17) is 0 Å². The second-order valence-corrected chi connectivity index (χ2v) is 8.95. The van der Waals surface area contributed by atoms with Gasteiger partial charge in [0.1, 0.15) is 0 Å². The Labute approximate surface area is 132 Å². The van der Waals surface area contributed by atoms with Gasteiger partial charge in [0, 0.05) is 0 Å². The highest BCUT2D eigenvalue weighted by Crippen LogP contribution is 2.34. The van der Waals surface area contributed by atoms with Crippen LogP contribution >= 0.6 is 0 Å². The van der Waals surface area contributed by atoms with E-state index in [0.717, 1.165) is 0 Å². The van der Waals surface area contributed by atoms with Gasteiger partial charge in [0.15, 0.2) is 9.84 Å². The number of rotatable bonds is 4. The van der Waals surface area contributed by atoms with Crippen molar-refractivity contribution in [3.8, 4) is 0 Å². The van der Waals surface area contributed by atoms with E-state index in [1.807, 2.05) is 0 Å². The Morgan fingerprint density at radius 2 is 1.52 bits per heavy atom. The molecule has 0 spiro atoms. The zero-order valence-electron chi connectivity index (χ0n) is 11.9. The molecule has 0 radical (unpaired) electrons. The minimum Gasteiger partial charge on any atom is -0.258 e. The zero-order chi connectivity index (χ0) is 17.3. The largest absolute Gasteiger partial charge is 0.523 e. The lowest BCUT2D eigenvalue weighted by atomic mass is 9.97. The molecule has 0 bridgehead atoms. The maximum Gasteiger partial charge on any atom is 0.523 e. The van der Waals surface area contributed by atoms with Crippen LogP contribution in [0.2, 0.25) is 0 Å². The van der Waals surface area contributed by atoms with Gasteiger partial charge in [0.25, 0.3) is 0 Å². The van der Waals surface area contributed by atoms with Gasteiger partial charge in [-0.1, -0.05) is 31.0 Å². The predicted molar refractivity (Wildman–Crippen MR) is 75.7 cm³/mol. The summed E-state index contributed by atoms with van der Waals surface area (Å²) in [6, 6.07) is 7.20. The molecule has 0 amide bonds. The van der Waals surface area contributed by atoms with Gasteiger partial charge < -0.3 is 0 Å². The highest BCUT2D eigenvalue weighted by atomic mass is 32.2. The van der Waals surface area contributed by atoms with Gasteiger partial charge in [-0.2, -0.15) is 21.6 Å². The first-order chi connectivity index (χ1) is 10.6. The van der Waals surface area contributed by atoms with Gasteiger partial charge in [-0.05, 0) is 25.0 Å². The van der Waals surface area contributed by atoms with Gasteiger partial charge >= 0.3 is 15.6 Å². The van der Waals surface area contributed by atoms with Crippen LogP contribution in [0.3, 0.4) is 0 Å². The second-order valence-electron chi connectivity index (χ2n) is 5.22. The summed E-state index contributed by atoms with van der Waals surface area (Å²) in [5, 5.41) is -1.32. The van der Waals surface area contributed by atoms with Crippen molar-refractivity contribution in [3.63, 3.8) is 0 Å². The molecular weight excluding hydrogens is 357 g/mol. The molecule has 130 valence electrons. The molecule has 23 heavy (non-hydrogen) atoms. The Bertz CT molecular complexity index is 742. The summed E-state index contributed by atoms with van der Waals surface area (Å²) in [6.45, 7) is 0. The minimum absolute atomic E-state index is 0.0509. The maximum absolute atomic E-state index is 12.6. The van der Waals surface area contributed by atoms with Gasteiger partial charge in [-0.3, -0.25) is 4.18 Å². The fraction of sp³-hybridized carbons (Fsp3) is 0.538. The normalized spacial score (nSPS) is 23.6. The summed E-state index contributed by atoms with van der Waals surface area (Å²) in [6.07, 6.45) is -0.677. The van der Waals surface area contributed by atoms with Gasteiger partial charge in [-0.25, -0.2) is 8.42 Å². The van der Waals surface area contributed by atoms with Crippen LogP contribution in [-0.2, 0) is 24.1 Å². The molecule has 0 aliphatic heterocycles. The lowest BCUT2D eigenvalue weighted by Gasteiger charge is -2.30. The monoisotopic (exact) mass is 372 g/mol. The van der Waals surface area contributed by atoms with Crippen LogP contribution in [0.4, 0.5) is 13.2 Å². The van der Waals surface area contributed by atoms with Crippen molar-refractivity contribution in [2.45, 2.75) is 47.4 Å². The summed E-state index contributed by atoms with van der Waals surface area (Å²) < 4.78 is 89.2. The molecule has 1 aromatic carbocycles. The van der Waals surface area contributed by atoms with Crippen LogP contribution < -0.4 is 0 Å². The number of alkyl halides is 3. The third-order valence-electron chi connectivity index (χ3n) is 3.65. The van der Waals surface area contributed by atoms with Crippen molar-refractivity contribution in [1.29, 1.82) is 0 Å². The molecule has 10 heteroatoms. The number of hydrogen-bond acceptors (Lipinski definition) is 5. The third-order valence-corrected chi connectivity index (χ3v) is 6.98. The third kappa shape index (κ3) is 3.86. The summed E-state index contributed by atoms with van der Waals surface area (Å²) in [7, 11) is -9.82. The Morgan fingerprint density at radius 3 is 2.09 bits per heavy atom. The highest BCUT2D eigenvalue weighted by Gasteiger charge is 2.51. The molecule has 5 nitrogen and oxygen atoms in total. The fourth-order valence-corrected chi connectivity index (χ4v) is 5.22. The van der Waals surface area contributed by atoms with Crippen LogP contribution in [0.15, 0.2) is 35.2 Å². The van der Waals surface area contributed by atoms with Gasteiger partial charge in [0.05, 0.1) is 16.2 Å². The lowest BCUT2D eigenvalue weighted by molar-refractivity contribution is -0.0583. The molecule has 2 rings (SSSR count). The van der Waals surface area contributed by atoms with Crippen molar-refractivity contribution in [1.82, 2.24) is 0 Å². The number of benzene rings is 1. The molecule has 0 heterocycles. The van der Waals surface area contributed by atoms with E-state index < -0.39 is 36.8 Å². The molecule has 2 atom stereocenters. The average molecular weight is 372 g/mol. The smallest absolute Gasteiger partial charge is 0.258 e.